The lowest BCUT2D eigenvalue weighted by molar-refractivity contribution is -0.207. The van der Waals surface area contributed by atoms with E-state index >= 15 is 0 Å². The van der Waals surface area contributed by atoms with Crippen LogP contribution in [0.25, 0.3) is 0 Å². The maximum absolute atomic E-state index is 13.5. The molecule has 0 saturated heterocycles. The number of benzene rings is 1. The zero-order valence-corrected chi connectivity index (χ0v) is 12.3. The Morgan fingerprint density at radius 1 is 1.23 bits per heavy atom. The summed E-state index contributed by atoms with van der Waals surface area (Å²) in [6.45, 7) is 1.06. The van der Waals surface area contributed by atoms with Gasteiger partial charge in [-0.15, -0.1) is 11.6 Å². The van der Waals surface area contributed by atoms with Gasteiger partial charge in [0.25, 0.3) is 0 Å². The number of carbonyl (C=O) groups is 2. The molecular weight excluding hydrogens is 325 g/mol. The SMILES string of the molecule is CCOC(=O)C(NC(=O)CCl)(Nc1ccccc1)C(F)(F)F. The molecule has 122 valence electrons. The number of para-hydroxylation sites is 1. The summed E-state index contributed by atoms with van der Waals surface area (Å²) in [6, 6.07) is 7.15. The molecule has 0 radical (unpaired) electrons. The largest absolute Gasteiger partial charge is 0.463 e. The second kappa shape index (κ2) is 7.35. The highest BCUT2D eigenvalue weighted by molar-refractivity contribution is 6.27. The zero-order valence-electron chi connectivity index (χ0n) is 11.5. The molecule has 0 spiro atoms. The number of alkyl halides is 4. The highest BCUT2D eigenvalue weighted by Gasteiger charge is 2.63. The third-order valence-electron chi connectivity index (χ3n) is 2.56. The smallest absolute Gasteiger partial charge is 0.441 e. The molecule has 0 aliphatic heterocycles. The van der Waals surface area contributed by atoms with Gasteiger partial charge in [-0.2, -0.15) is 13.2 Å². The van der Waals surface area contributed by atoms with Crippen molar-refractivity contribution in [2.24, 2.45) is 0 Å². The average molecular weight is 339 g/mol. The van der Waals surface area contributed by atoms with E-state index in [2.05, 4.69) is 4.74 Å². The van der Waals surface area contributed by atoms with E-state index in [1.165, 1.54) is 31.2 Å². The average Bonchev–Trinajstić information content (AvgIpc) is 2.46. The number of hydrogen-bond acceptors (Lipinski definition) is 4. The van der Waals surface area contributed by atoms with Crippen molar-refractivity contribution in [3.8, 4) is 0 Å². The van der Waals surface area contributed by atoms with Gasteiger partial charge in [0.05, 0.1) is 6.61 Å². The summed E-state index contributed by atoms with van der Waals surface area (Å²) in [5, 5.41) is 3.56. The van der Waals surface area contributed by atoms with Crippen molar-refractivity contribution >= 4 is 29.2 Å². The lowest BCUT2D eigenvalue weighted by Crippen LogP contribution is -2.69. The predicted octanol–water partition coefficient (Wildman–Crippen LogP) is 2.28. The summed E-state index contributed by atoms with van der Waals surface area (Å²) in [5.41, 5.74) is -3.45. The lowest BCUT2D eigenvalue weighted by Gasteiger charge is -2.35. The molecule has 0 heterocycles. The molecular formula is C13H14ClF3N2O3. The quantitative estimate of drug-likeness (QED) is 0.474. The maximum atomic E-state index is 13.5. The fraction of sp³-hybridized carbons (Fsp3) is 0.385. The van der Waals surface area contributed by atoms with Gasteiger partial charge in [0.1, 0.15) is 5.88 Å². The summed E-state index contributed by atoms with van der Waals surface area (Å²) in [6.07, 6.45) is -5.16. The standard InChI is InChI=1S/C13H14ClF3N2O3/c1-2-22-11(21)12(13(15,16)17,19-10(20)8-14)18-9-6-4-3-5-7-9/h3-7,18H,2,8H2,1H3,(H,19,20). The van der Waals surface area contributed by atoms with E-state index in [4.69, 9.17) is 11.6 Å². The number of nitrogens with one attached hydrogen (secondary N) is 2. The lowest BCUT2D eigenvalue weighted by atomic mass is 10.1. The Morgan fingerprint density at radius 3 is 2.27 bits per heavy atom. The van der Waals surface area contributed by atoms with Crippen LogP contribution in [0.1, 0.15) is 6.92 Å². The summed E-state index contributed by atoms with van der Waals surface area (Å²) >= 11 is 5.23. The molecule has 0 fully saturated rings. The highest BCUT2D eigenvalue weighted by atomic mass is 35.5. The minimum absolute atomic E-state index is 0.0252. The van der Waals surface area contributed by atoms with Crippen LogP contribution in [-0.2, 0) is 14.3 Å². The molecule has 0 aliphatic carbocycles. The van der Waals surface area contributed by atoms with Crippen LogP contribution >= 0.6 is 11.6 Å². The van der Waals surface area contributed by atoms with Crippen LogP contribution in [0.3, 0.4) is 0 Å². The first-order chi connectivity index (χ1) is 10.3. The first-order valence-corrected chi connectivity index (χ1v) is 6.74. The van der Waals surface area contributed by atoms with Gasteiger partial charge in [-0.1, -0.05) is 18.2 Å². The summed E-state index contributed by atoms with van der Waals surface area (Å²) < 4.78 is 45.0. The van der Waals surface area contributed by atoms with E-state index in [9.17, 15) is 22.8 Å². The number of amides is 1. The Hall–Kier alpha value is -1.96. The minimum Gasteiger partial charge on any atom is -0.463 e. The molecule has 9 heteroatoms. The number of esters is 1. The van der Waals surface area contributed by atoms with Crippen molar-refractivity contribution in [3.63, 3.8) is 0 Å². The topological polar surface area (TPSA) is 67.4 Å². The van der Waals surface area contributed by atoms with Gasteiger partial charge >= 0.3 is 17.8 Å². The molecule has 1 aromatic carbocycles. The fourth-order valence-corrected chi connectivity index (χ4v) is 1.68. The Kier molecular flexibility index (Phi) is 6.04. The summed E-state index contributed by atoms with van der Waals surface area (Å²) in [7, 11) is 0. The molecule has 1 rings (SSSR count). The van der Waals surface area contributed by atoms with Crippen LogP contribution in [0.2, 0.25) is 0 Å². The molecule has 5 nitrogen and oxygen atoms in total. The summed E-state index contributed by atoms with van der Waals surface area (Å²) in [5.74, 6) is -3.59. The van der Waals surface area contributed by atoms with Crippen molar-refractivity contribution in [3.05, 3.63) is 30.3 Å². The molecule has 1 atom stereocenters. The van der Waals surface area contributed by atoms with Gasteiger partial charge in [-0.25, -0.2) is 4.79 Å². The Morgan fingerprint density at radius 2 is 1.82 bits per heavy atom. The Bertz CT molecular complexity index is 525. The normalized spacial score (nSPS) is 13.9. The fourth-order valence-electron chi connectivity index (χ4n) is 1.61. The van der Waals surface area contributed by atoms with Crippen LogP contribution in [-0.4, -0.2) is 36.2 Å². The molecule has 1 unspecified atom stereocenters. The molecule has 0 bridgehead atoms. The third-order valence-corrected chi connectivity index (χ3v) is 2.80. The van der Waals surface area contributed by atoms with Gasteiger partial charge in [0.15, 0.2) is 0 Å². The van der Waals surface area contributed by atoms with Crippen molar-refractivity contribution in [1.82, 2.24) is 5.32 Å². The van der Waals surface area contributed by atoms with E-state index in [1.54, 1.807) is 11.4 Å². The number of hydrogen-bond donors (Lipinski definition) is 2. The van der Waals surface area contributed by atoms with E-state index in [0.29, 0.717) is 0 Å². The number of carbonyl (C=O) groups excluding carboxylic acids is 2. The number of ether oxygens (including phenoxy) is 1. The zero-order chi connectivity index (χ0) is 16.8. The van der Waals surface area contributed by atoms with Gasteiger partial charge in [0.2, 0.25) is 5.91 Å². The Balaban J connectivity index is 3.30. The van der Waals surface area contributed by atoms with Crippen LogP contribution in [0, 0.1) is 0 Å². The molecule has 1 aromatic rings. The van der Waals surface area contributed by atoms with Gasteiger partial charge < -0.3 is 15.4 Å². The highest BCUT2D eigenvalue weighted by Crippen LogP contribution is 2.33. The first kappa shape index (κ1) is 18.1. The molecule has 2 N–H and O–H groups in total. The number of rotatable bonds is 6. The number of halogens is 4. The van der Waals surface area contributed by atoms with E-state index in [0.717, 1.165) is 0 Å². The van der Waals surface area contributed by atoms with Crippen molar-refractivity contribution in [1.29, 1.82) is 0 Å². The molecule has 1 amide bonds. The van der Waals surface area contributed by atoms with Crippen LogP contribution in [0.5, 0.6) is 0 Å². The third kappa shape index (κ3) is 4.03. The first-order valence-electron chi connectivity index (χ1n) is 6.21. The van der Waals surface area contributed by atoms with Crippen molar-refractivity contribution in [2.75, 3.05) is 17.8 Å². The Labute approximate surface area is 129 Å². The van der Waals surface area contributed by atoms with Gasteiger partial charge in [-0.05, 0) is 19.1 Å². The van der Waals surface area contributed by atoms with E-state index in [-0.39, 0.29) is 12.3 Å². The van der Waals surface area contributed by atoms with Crippen LogP contribution in [0.15, 0.2) is 30.3 Å². The van der Waals surface area contributed by atoms with Crippen LogP contribution in [0.4, 0.5) is 18.9 Å². The number of anilines is 1. The minimum atomic E-state index is -5.16. The second-order valence-corrected chi connectivity index (χ2v) is 4.41. The van der Waals surface area contributed by atoms with Crippen molar-refractivity contribution < 1.29 is 27.5 Å². The molecule has 0 aliphatic rings. The molecule has 0 aromatic heterocycles. The molecule has 0 saturated carbocycles. The van der Waals surface area contributed by atoms with Crippen molar-refractivity contribution in [2.45, 2.75) is 18.8 Å². The predicted molar refractivity (Wildman–Crippen MR) is 74.3 cm³/mol. The van der Waals surface area contributed by atoms with E-state index < -0.39 is 29.6 Å². The van der Waals surface area contributed by atoms with Crippen LogP contribution < -0.4 is 10.6 Å². The maximum Gasteiger partial charge on any atom is 0.441 e. The van der Waals surface area contributed by atoms with Gasteiger partial charge in [0, 0.05) is 5.69 Å². The summed E-state index contributed by atoms with van der Waals surface area (Å²) in [4.78, 5) is 23.3. The molecule has 22 heavy (non-hydrogen) atoms. The monoisotopic (exact) mass is 338 g/mol. The van der Waals surface area contributed by atoms with Gasteiger partial charge in [-0.3, -0.25) is 4.79 Å². The van der Waals surface area contributed by atoms with E-state index in [1.807, 2.05) is 5.32 Å². The second-order valence-electron chi connectivity index (χ2n) is 4.14.